The van der Waals surface area contributed by atoms with Gasteiger partial charge in [-0.2, -0.15) is 0 Å². The molecule has 0 spiro atoms. The number of nitrogens with one attached hydrogen (secondary N) is 1. The number of hydrogen-bond donors (Lipinski definition) is 2. The van der Waals surface area contributed by atoms with Gasteiger partial charge < -0.3 is 10.4 Å². The van der Waals surface area contributed by atoms with Gasteiger partial charge in [-0.1, -0.05) is 54.6 Å². The van der Waals surface area contributed by atoms with Crippen LogP contribution in [0.4, 0.5) is 0 Å². The third kappa shape index (κ3) is 3.60. The maximum absolute atomic E-state index is 9.33. The van der Waals surface area contributed by atoms with Crippen LogP contribution in [0.3, 0.4) is 0 Å². The normalized spacial score (nSPS) is 10.8. The predicted octanol–water partition coefficient (Wildman–Crippen LogP) is 3.59. The largest absolute Gasteiger partial charge is 0.392 e. The van der Waals surface area contributed by atoms with Gasteiger partial charge in [-0.25, -0.2) is 4.98 Å². The van der Waals surface area contributed by atoms with E-state index in [1.807, 2.05) is 48.7 Å². The fourth-order valence-electron chi connectivity index (χ4n) is 2.32. The molecule has 112 valence electrons. The van der Waals surface area contributed by atoms with Crippen molar-refractivity contribution in [2.24, 2.45) is 0 Å². The molecule has 22 heavy (non-hydrogen) atoms. The Bertz CT molecular complexity index is 725. The third-order valence-corrected chi connectivity index (χ3v) is 4.54. The number of thiazole rings is 1. The van der Waals surface area contributed by atoms with Crippen LogP contribution in [0.5, 0.6) is 0 Å². The molecule has 0 aliphatic heterocycles. The molecule has 0 saturated carbocycles. The SMILES string of the molecule is OCc1ccccc1CNCc1ncc(-c2ccccc2)s1. The summed E-state index contributed by atoms with van der Waals surface area (Å²) in [7, 11) is 0. The first-order valence-electron chi connectivity index (χ1n) is 7.25. The van der Waals surface area contributed by atoms with E-state index in [0.29, 0.717) is 0 Å². The van der Waals surface area contributed by atoms with Crippen molar-refractivity contribution in [2.75, 3.05) is 0 Å². The van der Waals surface area contributed by atoms with Gasteiger partial charge >= 0.3 is 0 Å². The Hall–Kier alpha value is -2.01. The van der Waals surface area contributed by atoms with Crippen molar-refractivity contribution < 1.29 is 5.11 Å². The summed E-state index contributed by atoms with van der Waals surface area (Å²) in [6.45, 7) is 1.54. The Balaban J connectivity index is 1.60. The molecule has 0 radical (unpaired) electrons. The van der Waals surface area contributed by atoms with Crippen molar-refractivity contribution in [3.05, 3.63) is 76.9 Å². The molecule has 1 aromatic heterocycles. The fourth-order valence-corrected chi connectivity index (χ4v) is 3.21. The highest BCUT2D eigenvalue weighted by atomic mass is 32.1. The van der Waals surface area contributed by atoms with E-state index < -0.39 is 0 Å². The summed E-state index contributed by atoms with van der Waals surface area (Å²) in [6.07, 6.45) is 1.93. The maximum Gasteiger partial charge on any atom is 0.107 e. The van der Waals surface area contributed by atoms with Gasteiger partial charge in [0, 0.05) is 19.3 Å². The van der Waals surface area contributed by atoms with E-state index in [0.717, 1.165) is 29.2 Å². The molecule has 4 heteroatoms. The van der Waals surface area contributed by atoms with Crippen molar-refractivity contribution in [3.8, 4) is 10.4 Å². The number of hydrogen-bond acceptors (Lipinski definition) is 4. The minimum atomic E-state index is 0.0766. The van der Waals surface area contributed by atoms with E-state index in [4.69, 9.17) is 0 Å². The average molecular weight is 310 g/mol. The first kappa shape index (κ1) is 14.9. The van der Waals surface area contributed by atoms with Crippen LogP contribution < -0.4 is 5.32 Å². The minimum Gasteiger partial charge on any atom is -0.392 e. The lowest BCUT2D eigenvalue weighted by molar-refractivity contribution is 0.280. The Kier molecular flexibility index (Phi) is 4.96. The number of aromatic nitrogens is 1. The molecule has 0 unspecified atom stereocenters. The first-order valence-corrected chi connectivity index (χ1v) is 8.07. The summed E-state index contributed by atoms with van der Waals surface area (Å²) >= 11 is 1.71. The van der Waals surface area contributed by atoms with Gasteiger partial charge in [-0.3, -0.25) is 0 Å². The van der Waals surface area contributed by atoms with Gasteiger partial charge in [0.2, 0.25) is 0 Å². The molecule has 0 amide bonds. The van der Waals surface area contributed by atoms with Gasteiger partial charge in [-0.05, 0) is 16.7 Å². The molecule has 2 N–H and O–H groups in total. The van der Waals surface area contributed by atoms with Crippen LogP contribution in [0, 0.1) is 0 Å². The predicted molar refractivity (Wildman–Crippen MR) is 90.5 cm³/mol. The second-order valence-electron chi connectivity index (χ2n) is 5.01. The van der Waals surface area contributed by atoms with E-state index >= 15 is 0 Å². The standard InChI is InChI=1S/C18H18N2OS/c21-13-16-9-5-4-8-15(16)10-19-12-18-20-11-17(22-18)14-6-2-1-3-7-14/h1-9,11,19,21H,10,12-13H2. The van der Waals surface area contributed by atoms with Crippen LogP contribution >= 0.6 is 11.3 Å². The highest BCUT2D eigenvalue weighted by Crippen LogP contribution is 2.25. The average Bonchev–Trinajstić information content (AvgIpc) is 3.05. The second kappa shape index (κ2) is 7.31. The summed E-state index contributed by atoms with van der Waals surface area (Å²) in [6, 6.07) is 18.2. The zero-order valence-corrected chi connectivity index (χ0v) is 13.0. The molecule has 1 heterocycles. The molecule has 0 aliphatic carbocycles. The lowest BCUT2D eigenvalue weighted by atomic mass is 10.1. The fraction of sp³-hybridized carbons (Fsp3) is 0.167. The number of aliphatic hydroxyl groups excluding tert-OH is 1. The van der Waals surface area contributed by atoms with Crippen LogP contribution in [0.1, 0.15) is 16.1 Å². The van der Waals surface area contributed by atoms with Gasteiger partial charge in [0.25, 0.3) is 0 Å². The third-order valence-electron chi connectivity index (χ3n) is 3.49. The summed E-state index contributed by atoms with van der Waals surface area (Å²) < 4.78 is 0. The zero-order chi connectivity index (χ0) is 15.2. The summed E-state index contributed by atoms with van der Waals surface area (Å²) in [5.41, 5.74) is 3.31. The maximum atomic E-state index is 9.33. The molecule has 3 nitrogen and oxygen atoms in total. The van der Waals surface area contributed by atoms with Crippen molar-refractivity contribution >= 4 is 11.3 Å². The van der Waals surface area contributed by atoms with Crippen molar-refractivity contribution in [3.63, 3.8) is 0 Å². The molecule has 0 atom stereocenters. The van der Waals surface area contributed by atoms with E-state index in [1.54, 1.807) is 11.3 Å². The van der Waals surface area contributed by atoms with Gasteiger partial charge in [0.1, 0.15) is 5.01 Å². The summed E-state index contributed by atoms with van der Waals surface area (Å²) in [5, 5.41) is 13.8. The van der Waals surface area contributed by atoms with Crippen LogP contribution in [0.25, 0.3) is 10.4 Å². The molecule has 0 aliphatic rings. The van der Waals surface area contributed by atoms with E-state index in [-0.39, 0.29) is 6.61 Å². The molecule has 0 saturated heterocycles. The number of aliphatic hydroxyl groups is 1. The number of nitrogens with zero attached hydrogens (tertiary/aromatic N) is 1. The van der Waals surface area contributed by atoms with Crippen LogP contribution in [-0.2, 0) is 19.7 Å². The van der Waals surface area contributed by atoms with E-state index in [9.17, 15) is 5.11 Å². The molecule has 3 rings (SSSR count). The Morgan fingerprint density at radius 2 is 1.64 bits per heavy atom. The van der Waals surface area contributed by atoms with Crippen LogP contribution in [0.2, 0.25) is 0 Å². The lowest BCUT2D eigenvalue weighted by Crippen LogP contribution is -2.13. The summed E-state index contributed by atoms with van der Waals surface area (Å²) in [4.78, 5) is 5.66. The van der Waals surface area contributed by atoms with Gasteiger partial charge in [-0.15, -0.1) is 11.3 Å². The van der Waals surface area contributed by atoms with Crippen molar-refractivity contribution in [1.82, 2.24) is 10.3 Å². The second-order valence-corrected chi connectivity index (χ2v) is 6.13. The smallest absolute Gasteiger partial charge is 0.107 e. The van der Waals surface area contributed by atoms with Crippen LogP contribution in [0.15, 0.2) is 60.8 Å². The molecule has 2 aromatic carbocycles. The Morgan fingerprint density at radius 1 is 0.909 bits per heavy atom. The molecular weight excluding hydrogens is 292 g/mol. The quantitative estimate of drug-likeness (QED) is 0.731. The van der Waals surface area contributed by atoms with Gasteiger partial charge in [0.15, 0.2) is 0 Å². The van der Waals surface area contributed by atoms with E-state index in [1.165, 1.54) is 10.4 Å². The summed E-state index contributed by atoms with van der Waals surface area (Å²) in [5.74, 6) is 0. The topological polar surface area (TPSA) is 45.1 Å². The first-order chi connectivity index (χ1) is 10.9. The van der Waals surface area contributed by atoms with E-state index in [2.05, 4.69) is 22.4 Å². The molecule has 3 aromatic rings. The highest BCUT2D eigenvalue weighted by Gasteiger charge is 2.05. The molecular formula is C18H18N2OS. The minimum absolute atomic E-state index is 0.0766. The van der Waals surface area contributed by atoms with Gasteiger partial charge in [0.05, 0.1) is 11.5 Å². The molecule has 0 bridgehead atoms. The molecule has 0 fully saturated rings. The lowest BCUT2D eigenvalue weighted by Gasteiger charge is -2.07. The monoisotopic (exact) mass is 310 g/mol. The Labute approximate surface area is 134 Å². The van der Waals surface area contributed by atoms with Crippen molar-refractivity contribution in [2.45, 2.75) is 19.7 Å². The number of benzene rings is 2. The zero-order valence-electron chi connectivity index (χ0n) is 12.2. The Morgan fingerprint density at radius 3 is 2.41 bits per heavy atom. The van der Waals surface area contributed by atoms with Crippen molar-refractivity contribution in [1.29, 1.82) is 0 Å². The number of rotatable bonds is 6. The van der Waals surface area contributed by atoms with Crippen LogP contribution in [-0.4, -0.2) is 10.1 Å². The highest BCUT2D eigenvalue weighted by molar-refractivity contribution is 7.15.